The molecule has 0 aromatic heterocycles. The van der Waals surface area contributed by atoms with E-state index in [0.29, 0.717) is 12.8 Å². The summed E-state index contributed by atoms with van der Waals surface area (Å²) in [5.41, 5.74) is 0.0712. The first-order chi connectivity index (χ1) is 12.5. The topological polar surface area (TPSA) is 126 Å². The highest BCUT2D eigenvalue weighted by Gasteiger charge is 2.52. The molecule has 3 unspecified atom stereocenters. The molecule has 2 heterocycles. The minimum absolute atomic E-state index is 0.155. The number of carbonyl (C=O) groups is 1. The van der Waals surface area contributed by atoms with Gasteiger partial charge in [0, 0.05) is 12.8 Å². The monoisotopic (exact) mass is 386 g/mol. The highest BCUT2D eigenvalue weighted by molar-refractivity contribution is 5.83. The van der Waals surface area contributed by atoms with Gasteiger partial charge in [0.25, 0.3) is 0 Å². The van der Waals surface area contributed by atoms with Crippen LogP contribution >= 0.6 is 0 Å². The van der Waals surface area contributed by atoms with Gasteiger partial charge in [-0.1, -0.05) is 19.9 Å². The molecule has 2 aliphatic heterocycles. The molecule has 3 aliphatic rings. The molecule has 8 nitrogen and oxygen atoms in total. The van der Waals surface area contributed by atoms with Gasteiger partial charge in [0.05, 0.1) is 18.3 Å². The Hall–Kier alpha value is -0.870. The summed E-state index contributed by atoms with van der Waals surface area (Å²) in [5.74, 6) is 0.155. The van der Waals surface area contributed by atoms with Gasteiger partial charge < -0.3 is 34.6 Å². The van der Waals surface area contributed by atoms with E-state index < -0.39 is 55.1 Å². The van der Waals surface area contributed by atoms with Crippen molar-refractivity contribution in [2.45, 2.75) is 89.1 Å². The fraction of sp³-hybridized carbons (Fsp3) is 0.842. The third-order valence-electron chi connectivity index (χ3n) is 5.86. The zero-order chi connectivity index (χ0) is 20.1. The van der Waals surface area contributed by atoms with E-state index in [-0.39, 0.29) is 11.2 Å². The average Bonchev–Trinajstić information content (AvgIpc) is 2.93. The molecular weight excluding hydrogens is 356 g/mol. The van der Waals surface area contributed by atoms with Gasteiger partial charge in [-0.15, -0.1) is 0 Å². The van der Waals surface area contributed by atoms with Crippen molar-refractivity contribution in [3.05, 3.63) is 11.6 Å². The lowest BCUT2D eigenvalue weighted by atomic mass is 9.66. The van der Waals surface area contributed by atoms with Crippen LogP contribution in [-0.4, -0.2) is 81.3 Å². The Morgan fingerprint density at radius 3 is 2.48 bits per heavy atom. The molecule has 8 heteroatoms. The molecule has 1 saturated carbocycles. The van der Waals surface area contributed by atoms with Gasteiger partial charge in [-0.25, -0.2) is 0 Å². The number of ether oxygens (including phenoxy) is 3. The lowest BCUT2D eigenvalue weighted by molar-refractivity contribution is -0.315. The number of aliphatic hydroxyl groups is 4. The first-order valence-corrected chi connectivity index (χ1v) is 9.37. The standard InChI is InChI=1S/C19H30O8/c1-9(25-17-16(24)15(23)14(22)12(8-20)26-17)11-5-13-18(2,3)6-10(21)7-19(13,4)27-11/h5,9,11-12,14-17,20,22-24H,6-8H2,1-4H3/t9?,11?,12-,14-,15+,16-,17-,19?/m1/s1. The predicted octanol–water partition coefficient (Wildman–Crippen LogP) is -0.336. The summed E-state index contributed by atoms with van der Waals surface area (Å²) in [7, 11) is 0. The molecule has 2 fully saturated rings. The van der Waals surface area contributed by atoms with Crippen LogP contribution in [0.1, 0.15) is 40.5 Å². The Morgan fingerprint density at radius 1 is 1.19 bits per heavy atom. The Bertz CT molecular complexity index is 615. The molecule has 8 atom stereocenters. The number of aliphatic hydroxyl groups excluding tert-OH is 4. The van der Waals surface area contributed by atoms with Gasteiger partial charge in [0.15, 0.2) is 6.29 Å². The first-order valence-electron chi connectivity index (χ1n) is 9.37. The Kier molecular flexibility index (Phi) is 5.55. The van der Waals surface area contributed by atoms with E-state index in [1.165, 1.54) is 0 Å². The van der Waals surface area contributed by atoms with Crippen molar-refractivity contribution >= 4 is 5.78 Å². The second-order valence-corrected chi connectivity index (χ2v) is 8.71. The predicted molar refractivity (Wildman–Crippen MR) is 93.7 cm³/mol. The van der Waals surface area contributed by atoms with Crippen molar-refractivity contribution in [3.63, 3.8) is 0 Å². The second kappa shape index (κ2) is 7.18. The van der Waals surface area contributed by atoms with Gasteiger partial charge in [-0.05, 0) is 24.8 Å². The van der Waals surface area contributed by atoms with Gasteiger partial charge in [-0.2, -0.15) is 0 Å². The summed E-state index contributed by atoms with van der Waals surface area (Å²) in [6.07, 6.45) is -4.89. The third-order valence-corrected chi connectivity index (χ3v) is 5.86. The largest absolute Gasteiger partial charge is 0.394 e. The number of hydrogen-bond acceptors (Lipinski definition) is 8. The number of rotatable bonds is 4. The van der Waals surface area contributed by atoms with Crippen LogP contribution in [0.5, 0.6) is 0 Å². The van der Waals surface area contributed by atoms with Crippen molar-refractivity contribution in [2.24, 2.45) is 5.41 Å². The summed E-state index contributed by atoms with van der Waals surface area (Å²) >= 11 is 0. The third kappa shape index (κ3) is 3.72. The minimum atomic E-state index is -1.49. The fourth-order valence-electron chi connectivity index (χ4n) is 4.54. The Balaban J connectivity index is 1.73. The zero-order valence-electron chi connectivity index (χ0n) is 16.2. The lowest BCUT2D eigenvalue weighted by Gasteiger charge is -2.42. The highest BCUT2D eigenvalue weighted by Crippen LogP contribution is 2.50. The summed E-state index contributed by atoms with van der Waals surface area (Å²) in [6, 6.07) is 0. The Morgan fingerprint density at radius 2 is 1.85 bits per heavy atom. The maximum atomic E-state index is 12.1. The van der Waals surface area contributed by atoms with E-state index in [2.05, 4.69) is 0 Å². The number of carbonyl (C=O) groups excluding carboxylic acids is 1. The van der Waals surface area contributed by atoms with Crippen molar-refractivity contribution in [3.8, 4) is 0 Å². The molecule has 3 rings (SSSR count). The molecule has 0 bridgehead atoms. The molecule has 1 aliphatic carbocycles. The number of Topliss-reactive ketones (excluding diaryl/α,β-unsaturated/α-hetero) is 1. The number of fused-ring (bicyclic) bond motifs is 1. The first kappa shape index (κ1) is 20.9. The van der Waals surface area contributed by atoms with Crippen LogP contribution in [0.4, 0.5) is 0 Å². The van der Waals surface area contributed by atoms with Gasteiger partial charge in [0.1, 0.15) is 36.3 Å². The number of ketones is 1. The maximum absolute atomic E-state index is 12.1. The normalized spacial score (nSPS) is 45.3. The average molecular weight is 386 g/mol. The van der Waals surface area contributed by atoms with Crippen LogP contribution in [0.15, 0.2) is 11.6 Å². The SMILES string of the molecule is CC(O[C@@H]1O[C@H](CO)[C@@H](O)[C@H](O)[C@H]1O)C1C=C2C(C)(C)CC(=O)CC2(C)O1. The van der Waals surface area contributed by atoms with Crippen LogP contribution in [0, 0.1) is 5.41 Å². The maximum Gasteiger partial charge on any atom is 0.187 e. The van der Waals surface area contributed by atoms with Crippen LogP contribution in [-0.2, 0) is 19.0 Å². The summed E-state index contributed by atoms with van der Waals surface area (Å²) in [5, 5.41) is 39.2. The van der Waals surface area contributed by atoms with Gasteiger partial charge in [0.2, 0.25) is 0 Å². The molecule has 0 aromatic rings. The van der Waals surface area contributed by atoms with Crippen molar-refractivity contribution in [2.75, 3.05) is 6.61 Å². The molecule has 1 saturated heterocycles. The molecule has 4 N–H and O–H groups in total. The summed E-state index contributed by atoms with van der Waals surface area (Å²) < 4.78 is 17.3. The summed E-state index contributed by atoms with van der Waals surface area (Å²) in [6.45, 7) is 7.17. The molecule has 154 valence electrons. The van der Waals surface area contributed by atoms with E-state index in [9.17, 15) is 25.2 Å². The van der Waals surface area contributed by atoms with Crippen molar-refractivity contribution in [1.29, 1.82) is 0 Å². The van der Waals surface area contributed by atoms with E-state index >= 15 is 0 Å². The van der Waals surface area contributed by atoms with Gasteiger partial charge in [-0.3, -0.25) is 4.79 Å². The fourth-order valence-corrected chi connectivity index (χ4v) is 4.54. The van der Waals surface area contributed by atoms with E-state index in [0.717, 1.165) is 5.57 Å². The van der Waals surface area contributed by atoms with E-state index in [4.69, 9.17) is 14.2 Å². The minimum Gasteiger partial charge on any atom is -0.394 e. The highest BCUT2D eigenvalue weighted by atomic mass is 16.7. The molecule has 0 aromatic carbocycles. The van der Waals surface area contributed by atoms with Crippen molar-refractivity contribution in [1.82, 2.24) is 0 Å². The molecule has 0 spiro atoms. The lowest BCUT2D eigenvalue weighted by Crippen LogP contribution is -2.60. The van der Waals surface area contributed by atoms with Crippen LogP contribution in [0.3, 0.4) is 0 Å². The van der Waals surface area contributed by atoms with Crippen LogP contribution in [0.2, 0.25) is 0 Å². The molecule has 27 heavy (non-hydrogen) atoms. The molecular formula is C19H30O8. The number of hydrogen-bond donors (Lipinski definition) is 4. The smallest absolute Gasteiger partial charge is 0.187 e. The quantitative estimate of drug-likeness (QED) is 0.484. The molecule has 0 amide bonds. The van der Waals surface area contributed by atoms with Gasteiger partial charge >= 0.3 is 0 Å². The zero-order valence-corrected chi connectivity index (χ0v) is 16.2. The van der Waals surface area contributed by atoms with Crippen molar-refractivity contribution < 1.29 is 39.4 Å². The second-order valence-electron chi connectivity index (χ2n) is 8.71. The summed E-state index contributed by atoms with van der Waals surface area (Å²) in [4.78, 5) is 12.1. The van der Waals surface area contributed by atoms with Crippen LogP contribution in [0.25, 0.3) is 0 Å². The molecule has 0 radical (unpaired) electrons. The van der Waals surface area contributed by atoms with E-state index in [1.807, 2.05) is 26.8 Å². The van der Waals surface area contributed by atoms with E-state index in [1.54, 1.807) is 6.92 Å². The van der Waals surface area contributed by atoms with Crippen LogP contribution < -0.4 is 0 Å². The Labute approximate surface area is 158 Å².